The van der Waals surface area contributed by atoms with Crippen molar-refractivity contribution in [2.75, 3.05) is 0 Å². The smallest absolute Gasteiger partial charge is 0.380 e. The van der Waals surface area contributed by atoms with Crippen molar-refractivity contribution in [1.82, 2.24) is 0 Å². The van der Waals surface area contributed by atoms with Crippen LogP contribution < -0.4 is 5.73 Å². The molecule has 0 aromatic carbocycles. The van der Waals surface area contributed by atoms with E-state index in [0.29, 0.717) is 0 Å². The largest absolute Gasteiger partial charge is 0.393 e. The molecule has 0 saturated carbocycles. The van der Waals surface area contributed by atoms with Gasteiger partial charge in [0, 0.05) is 6.72 Å². The Kier molecular flexibility index (Phi) is 2.33. The molecule has 0 rings (SSSR count). The van der Waals surface area contributed by atoms with Crippen LogP contribution in [0.2, 0.25) is 0 Å². The Balaban J connectivity index is 3.65. The molecule has 0 aliphatic heterocycles. The van der Waals surface area contributed by atoms with E-state index in [1.54, 1.807) is 0 Å². The maximum Gasteiger partial charge on any atom is 0.380 e. The van der Waals surface area contributed by atoms with E-state index in [-0.39, 0.29) is 5.70 Å². The monoisotopic (exact) mass is 114 g/mol. The predicted octanol–water partition coefficient (Wildman–Crippen LogP) is -0.382. The van der Waals surface area contributed by atoms with E-state index >= 15 is 0 Å². The van der Waals surface area contributed by atoms with Crippen LogP contribution in [0.3, 0.4) is 0 Å². The van der Waals surface area contributed by atoms with Crippen molar-refractivity contribution in [2.24, 2.45) is 10.9 Å². The fraction of sp³-hybridized carbons (Fsp3) is 0. The van der Waals surface area contributed by atoms with Crippen LogP contribution in [-0.4, -0.2) is 12.7 Å². The van der Waals surface area contributed by atoms with E-state index in [1.165, 1.54) is 0 Å². The Morgan fingerprint density at radius 3 is 2.38 bits per heavy atom. The summed E-state index contributed by atoms with van der Waals surface area (Å²) < 4.78 is 0. The zero-order chi connectivity index (χ0) is 6.57. The first-order valence-corrected chi connectivity index (χ1v) is 1.80. The highest BCUT2D eigenvalue weighted by molar-refractivity contribution is 5.86. The van der Waals surface area contributed by atoms with Crippen LogP contribution in [-0.2, 0) is 9.63 Å². The molecule has 0 fully saturated rings. The number of carbonyl (C=O) groups excluding carboxylic acids is 1. The van der Waals surface area contributed by atoms with Gasteiger partial charge in [-0.25, -0.2) is 4.79 Å². The van der Waals surface area contributed by atoms with E-state index in [2.05, 4.69) is 23.3 Å². The minimum absolute atomic E-state index is 0.183. The third kappa shape index (κ3) is 1.96. The van der Waals surface area contributed by atoms with Gasteiger partial charge in [0.1, 0.15) is 5.70 Å². The Bertz CT molecular complexity index is 130. The molecular weight excluding hydrogens is 108 g/mol. The lowest BCUT2D eigenvalue weighted by Crippen LogP contribution is -2.10. The molecule has 2 N–H and O–H groups in total. The highest BCUT2D eigenvalue weighted by Crippen LogP contribution is 1.82. The highest BCUT2D eigenvalue weighted by atomic mass is 16.7. The van der Waals surface area contributed by atoms with Gasteiger partial charge < -0.3 is 10.6 Å². The molecule has 4 nitrogen and oxygen atoms in total. The molecule has 8 heavy (non-hydrogen) atoms. The van der Waals surface area contributed by atoms with E-state index in [4.69, 9.17) is 5.73 Å². The average molecular weight is 114 g/mol. The Labute approximate surface area is 46.6 Å². The average Bonchev–Trinajstić information content (AvgIpc) is 1.67. The summed E-state index contributed by atoms with van der Waals surface area (Å²) in [5.74, 6) is -0.764. The van der Waals surface area contributed by atoms with Gasteiger partial charge in [-0.2, -0.15) is 0 Å². The fourth-order valence-corrected chi connectivity index (χ4v) is 0.117. The second-order valence-corrected chi connectivity index (χ2v) is 1.03. The Morgan fingerprint density at radius 2 is 2.25 bits per heavy atom. The molecular formula is C4H6N2O2. The lowest BCUT2D eigenvalue weighted by Gasteiger charge is -1.90. The third-order valence-electron chi connectivity index (χ3n) is 0.410. The standard InChI is InChI=1S/C4H6N2O2/c1-3(5)4(7)8-6-2/h1-2,5H2. The molecule has 0 aliphatic rings. The number of oxime groups is 1. The summed E-state index contributed by atoms with van der Waals surface area (Å²) in [5, 5.41) is 2.82. The predicted molar refractivity (Wildman–Crippen MR) is 29.0 cm³/mol. The Hall–Kier alpha value is -1.32. The second-order valence-electron chi connectivity index (χ2n) is 1.03. The summed E-state index contributed by atoms with van der Waals surface area (Å²) in [7, 11) is 0. The second kappa shape index (κ2) is 2.79. The zero-order valence-electron chi connectivity index (χ0n) is 4.26. The summed E-state index contributed by atoms with van der Waals surface area (Å²) in [6.45, 7) is 5.98. The van der Waals surface area contributed by atoms with Gasteiger partial charge in [0.25, 0.3) is 0 Å². The van der Waals surface area contributed by atoms with E-state index in [1.807, 2.05) is 0 Å². The summed E-state index contributed by atoms with van der Waals surface area (Å²) in [6.07, 6.45) is 0. The van der Waals surface area contributed by atoms with Crippen molar-refractivity contribution in [1.29, 1.82) is 0 Å². The van der Waals surface area contributed by atoms with Gasteiger partial charge in [-0.3, -0.25) is 0 Å². The first-order chi connectivity index (χ1) is 3.68. The quantitative estimate of drug-likeness (QED) is 0.230. The number of nitrogens with two attached hydrogens (primary N) is 1. The molecule has 0 aliphatic carbocycles. The Morgan fingerprint density at radius 1 is 1.75 bits per heavy atom. The molecule has 0 amide bonds. The molecule has 44 valence electrons. The van der Waals surface area contributed by atoms with Gasteiger partial charge in [0.15, 0.2) is 0 Å². The van der Waals surface area contributed by atoms with Gasteiger partial charge in [-0.15, -0.1) is 0 Å². The van der Waals surface area contributed by atoms with Crippen molar-refractivity contribution < 1.29 is 9.63 Å². The maximum absolute atomic E-state index is 10.2. The topological polar surface area (TPSA) is 64.7 Å². The molecule has 0 heterocycles. The molecule has 0 aromatic rings. The third-order valence-corrected chi connectivity index (χ3v) is 0.410. The fourth-order valence-electron chi connectivity index (χ4n) is 0.117. The molecule has 0 radical (unpaired) electrons. The van der Waals surface area contributed by atoms with Crippen molar-refractivity contribution in [3.63, 3.8) is 0 Å². The summed E-state index contributed by atoms with van der Waals surface area (Å²) >= 11 is 0. The van der Waals surface area contributed by atoms with Gasteiger partial charge in [0.05, 0.1) is 0 Å². The highest BCUT2D eigenvalue weighted by Gasteiger charge is 2.00. The van der Waals surface area contributed by atoms with Crippen LogP contribution in [0.1, 0.15) is 0 Å². The first kappa shape index (κ1) is 6.68. The van der Waals surface area contributed by atoms with Crippen LogP contribution in [0.4, 0.5) is 0 Å². The summed E-state index contributed by atoms with van der Waals surface area (Å²) in [6, 6.07) is 0. The van der Waals surface area contributed by atoms with Crippen molar-refractivity contribution in [3.8, 4) is 0 Å². The SMILES string of the molecule is C=NOC(=O)C(=C)N. The van der Waals surface area contributed by atoms with Crippen molar-refractivity contribution in [3.05, 3.63) is 12.3 Å². The van der Waals surface area contributed by atoms with Crippen molar-refractivity contribution in [2.45, 2.75) is 0 Å². The number of rotatable bonds is 2. The first-order valence-electron chi connectivity index (χ1n) is 1.80. The van der Waals surface area contributed by atoms with Crippen LogP contribution >= 0.6 is 0 Å². The minimum Gasteiger partial charge on any atom is -0.393 e. The van der Waals surface area contributed by atoms with Crippen molar-refractivity contribution >= 4 is 12.7 Å². The van der Waals surface area contributed by atoms with E-state index in [0.717, 1.165) is 0 Å². The maximum atomic E-state index is 10.2. The molecule has 0 aromatic heterocycles. The van der Waals surface area contributed by atoms with Gasteiger partial charge in [0.2, 0.25) is 0 Å². The molecule has 0 saturated heterocycles. The summed E-state index contributed by atoms with van der Waals surface area (Å²) in [5.41, 5.74) is 4.68. The zero-order valence-corrected chi connectivity index (χ0v) is 4.26. The molecule has 0 unspecified atom stereocenters. The normalized spacial score (nSPS) is 7.50. The molecule has 4 heteroatoms. The van der Waals surface area contributed by atoms with Gasteiger partial charge in [-0.1, -0.05) is 11.7 Å². The van der Waals surface area contributed by atoms with Crippen LogP contribution in [0.15, 0.2) is 17.4 Å². The molecule has 0 atom stereocenters. The van der Waals surface area contributed by atoms with Crippen LogP contribution in [0, 0.1) is 0 Å². The van der Waals surface area contributed by atoms with E-state index in [9.17, 15) is 4.79 Å². The summed E-state index contributed by atoms with van der Waals surface area (Å²) in [4.78, 5) is 14.1. The number of nitrogens with zero attached hydrogens (tertiary/aromatic N) is 1. The van der Waals surface area contributed by atoms with E-state index < -0.39 is 5.97 Å². The number of hydrogen-bond donors (Lipinski definition) is 1. The lowest BCUT2D eigenvalue weighted by molar-refractivity contribution is -0.138. The number of hydrogen-bond acceptors (Lipinski definition) is 4. The van der Waals surface area contributed by atoms with Crippen LogP contribution in [0.5, 0.6) is 0 Å². The molecule has 0 spiro atoms. The minimum atomic E-state index is -0.764. The van der Waals surface area contributed by atoms with Gasteiger partial charge >= 0.3 is 5.97 Å². The lowest BCUT2D eigenvalue weighted by atomic mass is 10.5. The number of carbonyl (C=O) groups is 1. The van der Waals surface area contributed by atoms with Gasteiger partial charge in [-0.05, 0) is 0 Å². The van der Waals surface area contributed by atoms with Crippen LogP contribution in [0.25, 0.3) is 0 Å². The molecule has 0 bridgehead atoms.